The lowest BCUT2D eigenvalue weighted by molar-refractivity contribution is -0.386. The zero-order chi connectivity index (χ0) is 29.7. The fourth-order valence-electron chi connectivity index (χ4n) is 5.90. The largest absolute Gasteiger partial charge is 0.543 e. The molecule has 0 spiro atoms. The third-order valence-corrected chi connectivity index (χ3v) is 8.56. The molecule has 0 bridgehead atoms. The first kappa shape index (κ1) is 27.9. The molecule has 1 aromatic heterocycles. The number of nitrogens with zero attached hydrogens (tertiary/aromatic N) is 2. The van der Waals surface area contributed by atoms with Crippen LogP contribution in [0, 0.1) is 26.9 Å². The summed E-state index contributed by atoms with van der Waals surface area (Å²) in [6.45, 7) is 9.74. The van der Waals surface area contributed by atoms with E-state index in [1.54, 1.807) is 49.6 Å². The van der Waals surface area contributed by atoms with Crippen LogP contribution in [0.3, 0.4) is 0 Å². The van der Waals surface area contributed by atoms with E-state index in [0.29, 0.717) is 33.7 Å². The molecule has 2 atom stereocenters. The minimum atomic E-state index is -2.30. The van der Waals surface area contributed by atoms with Gasteiger partial charge in [-0.3, -0.25) is 10.1 Å². The van der Waals surface area contributed by atoms with Crippen LogP contribution in [0.5, 0.6) is 11.5 Å². The van der Waals surface area contributed by atoms with Gasteiger partial charge >= 0.3 is 5.63 Å². The maximum absolute atomic E-state index is 14.0. The number of nitriles is 1. The van der Waals surface area contributed by atoms with Gasteiger partial charge in [-0.2, -0.15) is 5.26 Å². The molecule has 2 heterocycles. The number of ether oxygens (including phenoxy) is 1. The van der Waals surface area contributed by atoms with Crippen LogP contribution in [0.2, 0.25) is 19.6 Å². The summed E-state index contributed by atoms with van der Waals surface area (Å²) in [6, 6.07) is 21.1. The summed E-state index contributed by atoms with van der Waals surface area (Å²) in [5.41, 5.74) is -1.53. The molecule has 10 heteroatoms. The van der Waals surface area contributed by atoms with Crippen molar-refractivity contribution in [2.24, 2.45) is 5.41 Å². The van der Waals surface area contributed by atoms with E-state index in [2.05, 4.69) is 11.4 Å². The number of benzene rings is 3. The molecule has 9 nitrogen and oxygen atoms in total. The SMILES string of the molecule is COc1ccc2c(c1)[C@H](c1c(O[Si](C)(C)C)c3ccccc3oc1=O)C(C)(C)[C@](C#N)(c1ccccc1[N+](=O)[O-])N2. The van der Waals surface area contributed by atoms with Crippen molar-refractivity contribution < 1.29 is 18.5 Å². The average molecular weight is 570 g/mol. The molecule has 4 aromatic rings. The molecule has 0 radical (unpaired) electrons. The smallest absolute Gasteiger partial charge is 0.343 e. The van der Waals surface area contributed by atoms with Crippen LogP contribution in [0.25, 0.3) is 11.0 Å². The summed E-state index contributed by atoms with van der Waals surface area (Å²) in [5, 5.41) is 27.1. The molecule has 0 amide bonds. The molecule has 1 aliphatic heterocycles. The number of anilines is 1. The van der Waals surface area contributed by atoms with E-state index in [1.807, 2.05) is 51.7 Å². The normalized spacial score (nSPS) is 19.5. The fourth-order valence-corrected chi connectivity index (χ4v) is 6.74. The first-order valence-electron chi connectivity index (χ1n) is 13.2. The molecule has 41 heavy (non-hydrogen) atoms. The van der Waals surface area contributed by atoms with Gasteiger partial charge in [0.1, 0.15) is 17.1 Å². The van der Waals surface area contributed by atoms with Gasteiger partial charge in [0, 0.05) is 23.1 Å². The molecular weight excluding hydrogens is 538 g/mol. The van der Waals surface area contributed by atoms with Crippen molar-refractivity contribution in [2.45, 2.75) is 44.9 Å². The summed E-state index contributed by atoms with van der Waals surface area (Å²) in [7, 11) is -0.745. The monoisotopic (exact) mass is 569 g/mol. The molecule has 0 aliphatic carbocycles. The van der Waals surface area contributed by atoms with Crippen molar-refractivity contribution in [1.29, 1.82) is 5.26 Å². The van der Waals surface area contributed by atoms with Crippen molar-refractivity contribution in [3.05, 3.63) is 104 Å². The number of para-hydroxylation sites is 2. The number of fused-ring (bicyclic) bond motifs is 2. The van der Waals surface area contributed by atoms with Gasteiger partial charge in [0.2, 0.25) is 8.32 Å². The third kappa shape index (κ3) is 4.42. The lowest BCUT2D eigenvalue weighted by atomic mass is 9.56. The minimum absolute atomic E-state index is 0.196. The molecular formula is C31H31N3O6Si. The predicted octanol–water partition coefficient (Wildman–Crippen LogP) is 6.93. The highest BCUT2D eigenvalue weighted by molar-refractivity contribution is 6.70. The van der Waals surface area contributed by atoms with Crippen LogP contribution in [-0.4, -0.2) is 20.4 Å². The second-order valence-corrected chi connectivity index (χ2v) is 16.1. The van der Waals surface area contributed by atoms with Gasteiger partial charge in [0.15, 0.2) is 5.54 Å². The first-order valence-corrected chi connectivity index (χ1v) is 16.6. The van der Waals surface area contributed by atoms with Gasteiger partial charge < -0.3 is 18.9 Å². The maximum Gasteiger partial charge on any atom is 0.343 e. The van der Waals surface area contributed by atoms with Gasteiger partial charge in [-0.1, -0.05) is 38.1 Å². The topological polar surface area (TPSA) is 128 Å². The van der Waals surface area contributed by atoms with Crippen LogP contribution in [0.4, 0.5) is 11.4 Å². The van der Waals surface area contributed by atoms with Crippen LogP contribution in [-0.2, 0) is 5.54 Å². The summed E-state index contributed by atoms with van der Waals surface area (Å²) in [4.78, 5) is 25.7. The van der Waals surface area contributed by atoms with E-state index >= 15 is 0 Å². The van der Waals surface area contributed by atoms with Crippen LogP contribution >= 0.6 is 0 Å². The highest BCUT2D eigenvalue weighted by Crippen LogP contribution is 2.60. The molecule has 210 valence electrons. The molecule has 0 saturated heterocycles. The van der Waals surface area contributed by atoms with Gasteiger partial charge in [-0.15, -0.1) is 0 Å². The van der Waals surface area contributed by atoms with E-state index in [0.717, 1.165) is 0 Å². The molecule has 1 aliphatic rings. The lowest BCUT2D eigenvalue weighted by Gasteiger charge is -2.52. The van der Waals surface area contributed by atoms with Crippen LogP contribution < -0.4 is 20.1 Å². The van der Waals surface area contributed by atoms with E-state index in [-0.39, 0.29) is 16.8 Å². The van der Waals surface area contributed by atoms with Crippen molar-refractivity contribution in [3.8, 4) is 17.6 Å². The Bertz CT molecular complexity index is 1790. The van der Waals surface area contributed by atoms with E-state index in [1.165, 1.54) is 6.07 Å². The molecule has 0 unspecified atom stereocenters. The fraction of sp³-hybridized carbons (Fsp3) is 0.290. The minimum Gasteiger partial charge on any atom is -0.543 e. The van der Waals surface area contributed by atoms with Gasteiger partial charge in [-0.05, 0) is 61.6 Å². The quantitative estimate of drug-likeness (QED) is 0.115. The molecule has 3 aromatic carbocycles. The summed E-state index contributed by atoms with van der Waals surface area (Å²) in [6.07, 6.45) is 0. The standard InChI is InChI=1S/C31H31N3O6Si/c1-30(2)27(26-28(40-41(4,5)6)20-11-7-10-14-25(20)39-29(26)35)21-17-19(38-3)15-16-23(21)33-31(30,18-32)22-12-8-9-13-24(22)34(36)37/h7-17,27,33H,1-6H3/t27-,31+/m1/s1. The zero-order valence-electron chi connectivity index (χ0n) is 23.8. The number of nitrogens with one attached hydrogen (secondary N) is 1. The highest BCUT2D eigenvalue weighted by atomic mass is 28.4. The van der Waals surface area contributed by atoms with E-state index in [9.17, 15) is 20.2 Å². The Morgan fingerprint density at radius 3 is 2.41 bits per heavy atom. The van der Waals surface area contributed by atoms with Crippen molar-refractivity contribution in [3.63, 3.8) is 0 Å². The predicted molar refractivity (Wildman–Crippen MR) is 159 cm³/mol. The van der Waals surface area contributed by atoms with Crippen molar-refractivity contribution >= 4 is 30.7 Å². The number of hydrogen-bond acceptors (Lipinski definition) is 8. The highest BCUT2D eigenvalue weighted by Gasteiger charge is 2.59. The number of nitro benzene ring substituents is 1. The number of methoxy groups -OCH3 is 1. The molecule has 0 saturated carbocycles. The summed E-state index contributed by atoms with van der Waals surface area (Å²) >= 11 is 0. The van der Waals surface area contributed by atoms with Gasteiger partial charge in [0.25, 0.3) is 5.69 Å². The first-order chi connectivity index (χ1) is 19.3. The Labute approximate surface area is 238 Å². The number of hydrogen-bond donors (Lipinski definition) is 1. The Morgan fingerprint density at radius 1 is 1.07 bits per heavy atom. The molecule has 0 fully saturated rings. The lowest BCUT2D eigenvalue weighted by Crippen LogP contribution is -2.54. The van der Waals surface area contributed by atoms with Crippen LogP contribution in [0.1, 0.15) is 36.5 Å². The summed E-state index contributed by atoms with van der Waals surface area (Å²) < 4.78 is 18.1. The van der Waals surface area contributed by atoms with Gasteiger partial charge in [0.05, 0.1) is 34.6 Å². The third-order valence-electron chi connectivity index (χ3n) is 7.75. The summed E-state index contributed by atoms with van der Waals surface area (Å²) in [5.74, 6) is 0.166. The second kappa shape index (κ2) is 9.78. The second-order valence-electron chi connectivity index (χ2n) is 11.7. The van der Waals surface area contributed by atoms with E-state index in [4.69, 9.17) is 13.6 Å². The number of rotatable bonds is 6. The maximum atomic E-state index is 14.0. The number of nitro groups is 1. The Balaban J connectivity index is 1.94. The Morgan fingerprint density at radius 2 is 1.76 bits per heavy atom. The molecule has 1 N–H and O–H groups in total. The van der Waals surface area contributed by atoms with Crippen LogP contribution in [0.15, 0.2) is 75.9 Å². The molecule has 5 rings (SSSR count). The average Bonchev–Trinajstić information content (AvgIpc) is 2.92. The van der Waals surface area contributed by atoms with Crippen molar-refractivity contribution in [1.82, 2.24) is 0 Å². The Kier molecular flexibility index (Phi) is 6.66. The van der Waals surface area contributed by atoms with Crippen molar-refractivity contribution in [2.75, 3.05) is 12.4 Å². The van der Waals surface area contributed by atoms with Gasteiger partial charge in [-0.25, -0.2) is 4.79 Å². The Hall–Kier alpha value is -4.62. The zero-order valence-corrected chi connectivity index (χ0v) is 24.8. The van der Waals surface area contributed by atoms with E-state index < -0.39 is 35.7 Å².